The minimum atomic E-state index is -2.86. The molecule has 0 unspecified atom stereocenters. The van der Waals surface area contributed by atoms with E-state index in [0.717, 1.165) is 34.9 Å². The van der Waals surface area contributed by atoms with Crippen molar-refractivity contribution in [2.75, 3.05) is 34.8 Å². The lowest BCUT2D eigenvalue weighted by molar-refractivity contribution is -0.0504. The molecule has 1 saturated heterocycles. The van der Waals surface area contributed by atoms with Crippen molar-refractivity contribution in [3.05, 3.63) is 40.6 Å². The third kappa shape index (κ3) is 5.18. The summed E-state index contributed by atoms with van der Waals surface area (Å²) in [5, 5.41) is 3.15. The van der Waals surface area contributed by atoms with Gasteiger partial charge in [0.1, 0.15) is 23.7 Å². The quantitative estimate of drug-likeness (QED) is 0.746. The summed E-state index contributed by atoms with van der Waals surface area (Å²) >= 11 is 5.28. The Bertz CT molecular complexity index is 716. The predicted octanol–water partition coefficient (Wildman–Crippen LogP) is 4.01. The van der Waals surface area contributed by atoms with E-state index >= 15 is 0 Å². The molecule has 1 aliphatic heterocycles. The molecule has 9 heteroatoms. The average molecular weight is 431 g/mol. The van der Waals surface area contributed by atoms with Crippen LogP contribution in [0.1, 0.15) is 5.56 Å². The van der Waals surface area contributed by atoms with E-state index in [-0.39, 0.29) is 5.75 Å². The fourth-order valence-electron chi connectivity index (χ4n) is 2.49. The van der Waals surface area contributed by atoms with Crippen LogP contribution in [0.15, 0.2) is 35.1 Å². The van der Waals surface area contributed by atoms with Crippen LogP contribution < -0.4 is 15.0 Å². The second-order valence-electron chi connectivity index (χ2n) is 5.34. The van der Waals surface area contributed by atoms with Crippen LogP contribution in [0.2, 0.25) is 0 Å². The van der Waals surface area contributed by atoms with Gasteiger partial charge in [-0.05, 0) is 18.2 Å². The first-order valence-corrected chi connectivity index (χ1v) is 9.68. The predicted molar refractivity (Wildman–Crippen MR) is 99.7 cm³/mol. The maximum absolute atomic E-state index is 12.5. The van der Waals surface area contributed by atoms with Crippen LogP contribution in [0, 0.1) is 0 Å². The zero-order valence-electron chi connectivity index (χ0n) is 13.3. The van der Waals surface area contributed by atoms with Gasteiger partial charge in [-0.2, -0.15) is 20.5 Å². The van der Waals surface area contributed by atoms with Crippen molar-refractivity contribution in [3.63, 3.8) is 0 Å². The number of benzene rings is 1. The number of nitrogens with one attached hydrogen (secondary N) is 1. The van der Waals surface area contributed by atoms with E-state index in [1.54, 1.807) is 12.1 Å². The maximum atomic E-state index is 12.5. The summed E-state index contributed by atoms with van der Waals surface area (Å²) in [5.74, 6) is 3.83. The molecule has 1 aromatic carbocycles. The van der Waals surface area contributed by atoms with E-state index in [1.807, 2.05) is 17.8 Å². The minimum absolute atomic E-state index is 0.146. The van der Waals surface area contributed by atoms with Crippen LogP contribution in [-0.4, -0.2) is 41.2 Å². The van der Waals surface area contributed by atoms with Crippen molar-refractivity contribution in [3.8, 4) is 5.75 Å². The zero-order chi connectivity index (χ0) is 17.6. The van der Waals surface area contributed by atoms with Crippen molar-refractivity contribution in [2.24, 2.45) is 0 Å². The highest BCUT2D eigenvalue weighted by Crippen LogP contribution is 2.26. The average Bonchev–Trinajstić information content (AvgIpc) is 2.62. The minimum Gasteiger partial charge on any atom is -0.434 e. The molecule has 0 spiro atoms. The molecule has 1 fully saturated rings. The summed E-state index contributed by atoms with van der Waals surface area (Å²) in [6.45, 7) is -0.631. The number of thioether (sulfide) groups is 1. The van der Waals surface area contributed by atoms with Crippen molar-refractivity contribution in [1.82, 2.24) is 9.97 Å². The van der Waals surface area contributed by atoms with Gasteiger partial charge in [-0.1, -0.05) is 15.9 Å². The monoisotopic (exact) mass is 430 g/mol. The molecule has 134 valence electrons. The number of alkyl halides is 2. The molecular weight excluding hydrogens is 414 g/mol. The summed E-state index contributed by atoms with van der Waals surface area (Å²) in [6, 6.07) is 6.80. The fourth-order valence-corrected chi connectivity index (χ4v) is 3.80. The largest absolute Gasteiger partial charge is 0.434 e. The number of nitrogens with zero attached hydrogens (tertiary/aromatic N) is 3. The van der Waals surface area contributed by atoms with Crippen LogP contribution in [0.3, 0.4) is 0 Å². The lowest BCUT2D eigenvalue weighted by Gasteiger charge is -2.27. The van der Waals surface area contributed by atoms with Gasteiger partial charge in [-0.15, -0.1) is 0 Å². The number of hydrogen-bond donors (Lipinski definition) is 1. The molecule has 1 aromatic heterocycles. The van der Waals surface area contributed by atoms with Crippen molar-refractivity contribution in [2.45, 2.75) is 13.2 Å². The Balaban J connectivity index is 1.70. The Morgan fingerprint density at radius 1 is 1.24 bits per heavy atom. The molecule has 0 saturated carbocycles. The Morgan fingerprint density at radius 3 is 2.80 bits per heavy atom. The van der Waals surface area contributed by atoms with E-state index in [9.17, 15) is 8.78 Å². The van der Waals surface area contributed by atoms with Gasteiger partial charge in [-0.3, -0.25) is 0 Å². The van der Waals surface area contributed by atoms with Gasteiger partial charge < -0.3 is 15.0 Å². The van der Waals surface area contributed by atoms with Crippen LogP contribution in [0.4, 0.5) is 20.4 Å². The molecule has 1 N–H and O–H groups in total. The van der Waals surface area contributed by atoms with Crippen LogP contribution in [-0.2, 0) is 6.54 Å². The van der Waals surface area contributed by atoms with E-state index in [0.29, 0.717) is 17.9 Å². The van der Waals surface area contributed by atoms with E-state index < -0.39 is 6.61 Å². The molecular formula is C16H17BrF2N4OS. The van der Waals surface area contributed by atoms with Crippen LogP contribution in [0.25, 0.3) is 0 Å². The van der Waals surface area contributed by atoms with Crippen LogP contribution in [0.5, 0.6) is 5.75 Å². The molecule has 0 radical (unpaired) electrons. The Hall–Kier alpha value is -1.61. The molecule has 1 aliphatic rings. The summed E-state index contributed by atoms with van der Waals surface area (Å²) in [7, 11) is 0. The first-order chi connectivity index (χ1) is 12.1. The lowest BCUT2D eigenvalue weighted by Crippen LogP contribution is -2.33. The molecule has 0 bridgehead atoms. The molecule has 3 rings (SSSR count). The number of ether oxygens (including phenoxy) is 1. The molecule has 2 aromatic rings. The standard InChI is InChI=1S/C16H17BrF2N4OS/c17-12-1-2-13(24-16(18)19)11(7-12)9-20-14-8-15(22-10-21-14)23-3-5-25-6-4-23/h1-2,7-8,10,16H,3-6,9H2,(H,20,21,22). The van der Waals surface area contributed by atoms with Crippen molar-refractivity contribution >= 4 is 39.3 Å². The van der Waals surface area contributed by atoms with Crippen molar-refractivity contribution in [1.29, 1.82) is 0 Å². The van der Waals surface area contributed by atoms with Gasteiger partial charge in [0.15, 0.2) is 0 Å². The van der Waals surface area contributed by atoms with E-state index in [1.165, 1.54) is 12.4 Å². The topological polar surface area (TPSA) is 50.3 Å². The molecule has 0 amide bonds. The van der Waals surface area contributed by atoms with Gasteiger partial charge in [0, 0.05) is 47.2 Å². The number of rotatable bonds is 6. The van der Waals surface area contributed by atoms with Crippen molar-refractivity contribution < 1.29 is 13.5 Å². The third-order valence-electron chi connectivity index (χ3n) is 3.69. The van der Waals surface area contributed by atoms with Crippen LogP contribution >= 0.6 is 27.7 Å². The second kappa shape index (κ2) is 8.66. The SMILES string of the molecule is FC(F)Oc1ccc(Br)cc1CNc1cc(N2CCSCC2)ncn1. The van der Waals surface area contributed by atoms with Gasteiger partial charge in [0.2, 0.25) is 0 Å². The summed E-state index contributed by atoms with van der Waals surface area (Å²) < 4.78 is 30.4. The first-order valence-electron chi connectivity index (χ1n) is 7.73. The Morgan fingerprint density at radius 2 is 2.04 bits per heavy atom. The maximum Gasteiger partial charge on any atom is 0.387 e. The number of hydrogen-bond acceptors (Lipinski definition) is 6. The normalized spacial score (nSPS) is 14.6. The first kappa shape index (κ1) is 18.2. The van der Waals surface area contributed by atoms with E-state index in [4.69, 9.17) is 0 Å². The molecule has 25 heavy (non-hydrogen) atoms. The van der Waals surface area contributed by atoms with Gasteiger partial charge in [-0.25, -0.2) is 9.97 Å². The molecule has 2 heterocycles. The Labute approximate surface area is 157 Å². The third-order valence-corrected chi connectivity index (χ3v) is 5.12. The van der Waals surface area contributed by atoms with Gasteiger partial charge in [0.05, 0.1) is 0 Å². The molecule has 0 aliphatic carbocycles. The molecule has 5 nitrogen and oxygen atoms in total. The summed E-state index contributed by atoms with van der Waals surface area (Å²) in [5.41, 5.74) is 0.615. The highest BCUT2D eigenvalue weighted by Gasteiger charge is 2.14. The highest BCUT2D eigenvalue weighted by atomic mass is 79.9. The number of anilines is 2. The fraction of sp³-hybridized carbons (Fsp3) is 0.375. The zero-order valence-corrected chi connectivity index (χ0v) is 15.7. The number of aromatic nitrogens is 2. The second-order valence-corrected chi connectivity index (χ2v) is 7.49. The summed E-state index contributed by atoms with van der Waals surface area (Å²) in [6.07, 6.45) is 1.51. The highest BCUT2D eigenvalue weighted by molar-refractivity contribution is 9.10. The summed E-state index contributed by atoms with van der Waals surface area (Å²) in [4.78, 5) is 10.7. The Kier molecular flexibility index (Phi) is 6.30. The molecule has 0 atom stereocenters. The number of halogens is 3. The smallest absolute Gasteiger partial charge is 0.387 e. The van der Waals surface area contributed by atoms with Gasteiger partial charge in [0.25, 0.3) is 0 Å². The lowest BCUT2D eigenvalue weighted by atomic mass is 10.2. The van der Waals surface area contributed by atoms with E-state index in [2.05, 4.69) is 40.9 Å². The van der Waals surface area contributed by atoms with Gasteiger partial charge >= 0.3 is 6.61 Å².